The molecular weight excluding hydrogens is 349 g/mol. The Labute approximate surface area is 156 Å². The van der Waals surface area contributed by atoms with E-state index in [0.29, 0.717) is 48.7 Å². The molecule has 2 aliphatic rings. The Hall–Kier alpha value is -2.61. The van der Waals surface area contributed by atoms with Crippen LogP contribution in [0.15, 0.2) is 53.5 Å². The largest absolute Gasteiger partial charge is 0.350 e. The van der Waals surface area contributed by atoms with Gasteiger partial charge >= 0.3 is 0 Å². The van der Waals surface area contributed by atoms with Gasteiger partial charge in [-0.25, -0.2) is 4.39 Å². The highest BCUT2D eigenvalue weighted by atomic mass is 19.1. The number of fused-ring (bicyclic) bond motifs is 1. The number of nitrogens with two attached hydrogens (primary N) is 1. The summed E-state index contributed by atoms with van der Waals surface area (Å²) >= 11 is 0. The van der Waals surface area contributed by atoms with E-state index in [1.165, 1.54) is 6.07 Å². The number of anilines is 1. The van der Waals surface area contributed by atoms with Gasteiger partial charge in [0, 0.05) is 24.1 Å². The van der Waals surface area contributed by atoms with Crippen molar-refractivity contribution in [2.75, 3.05) is 24.7 Å². The summed E-state index contributed by atoms with van der Waals surface area (Å²) in [5, 5.41) is 0. The quantitative estimate of drug-likeness (QED) is 0.895. The van der Waals surface area contributed by atoms with E-state index in [0.717, 1.165) is 0 Å². The van der Waals surface area contributed by atoms with Crippen LogP contribution in [0.1, 0.15) is 17.5 Å². The minimum Gasteiger partial charge on any atom is -0.350 e. The average Bonchev–Trinajstić information content (AvgIpc) is 3.17. The second-order valence-corrected chi connectivity index (χ2v) is 6.37. The standard InChI is InChI=1S/C20H20FN3O3/c21-15-7-3-1-5-13(15)18-14-6-2-4-8-16(14)24(20(25)19(22)23-18)10-9-17-26-11-12-27-17/h1-8,17,19H,9-12,22H2/t19-/m0/s1. The van der Waals surface area contributed by atoms with Crippen LogP contribution >= 0.6 is 0 Å². The molecule has 0 aliphatic carbocycles. The fourth-order valence-corrected chi connectivity index (χ4v) is 3.36. The molecule has 27 heavy (non-hydrogen) atoms. The summed E-state index contributed by atoms with van der Waals surface area (Å²) in [6, 6.07) is 13.6. The monoisotopic (exact) mass is 369 g/mol. The first-order chi connectivity index (χ1) is 13.1. The zero-order valence-corrected chi connectivity index (χ0v) is 14.7. The van der Waals surface area contributed by atoms with Crippen LogP contribution < -0.4 is 10.6 Å². The van der Waals surface area contributed by atoms with Crippen LogP contribution in [0, 0.1) is 5.82 Å². The first kappa shape index (κ1) is 17.8. The first-order valence-corrected chi connectivity index (χ1v) is 8.87. The highest BCUT2D eigenvalue weighted by Gasteiger charge is 2.31. The van der Waals surface area contributed by atoms with Gasteiger partial charge in [0.15, 0.2) is 12.5 Å². The van der Waals surface area contributed by atoms with Crippen LogP contribution in [0.5, 0.6) is 0 Å². The number of carbonyl (C=O) groups excluding carboxylic acids is 1. The molecule has 7 heteroatoms. The maximum Gasteiger partial charge on any atom is 0.266 e. The maximum atomic E-state index is 14.4. The minimum atomic E-state index is -1.11. The Balaban J connectivity index is 1.74. The van der Waals surface area contributed by atoms with E-state index in [1.807, 2.05) is 24.3 Å². The van der Waals surface area contributed by atoms with E-state index < -0.39 is 12.0 Å². The second kappa shape index (κ2) is 7.56. The molecule has 0 bridgehead atoms. The Kier molecular flexibility index (Phi) is 4.98. The average molecular weight is 369 g/mol. The molecule has 2 aliphatic heterocycles. The number of carbonyl (C=O) groups is 1. The molecule has 140 valence electrons. The van der Waals surface area contributed by atoms with Gasteiger partial charge < -0.3 is 20.1 Å². The van der Waals surface area contributed by atoms with Crippen molar-refractivity contribution < 1.29 is 18.7 Å². The fraction of sp³-hybridized carbons (Fsp3) is 0.300. The van der Waals surface area contributed by atoms with E-state index in [2.05, 4.69) is 4.99 Å². The van der Waals surface area contributed by atoms with Crippen molar-refractivity contribution in [3.63, 3.8) is 0 Å². The third kappa shape index (κ3) is 3.49. The van der Waals surface area contributed by atoms with Crippen molar-refractivity contribution in [1.29, 1.82) is 0 Å². The van der Waals surface area contributed by atoms with Gasteiger partial charge in [-0.1, -0.05) is 30.3 Å². The van der Waals surface area contributed by atoms with Gasteiger partial charge in [-0.05, 0) is 18.2 Å². The molecular formula is C20H20FN3O3. The van der Waals surface area contributed by atoms with Crippen LogP contribution in [0.4, 0.5) is 10.1 Å². The third-order valence-electron chi connectivity index (χ3n) is 4.65. The molecule has 0 saturated carbocycles. The number of benzodiazepines with no additional fused rings is 1. The molecule has 0 unspecified atom stereocenters. The summed E-state index contributed by atoms with van der Waals surface area (Å²) in [7, 11) is 0. The minimum absolute atomic E-state index is 0.317. The lowest BCUT2D eigenvalue weighted by atomic mass is 9.99. The Bertz CT molecular complexity index is 880. The molecule has 0 aromatic heterocycles. The van der Waals surface area contributed by atoms with Crippen molar-refractivity contribution in [2.45, 2.75) is 18.9 Å². The van der Waals surface area contributed by atoms with Gasteiger partial charge in [0.1, 0.15) is 5.82 Å². The summed E-state index contributed by atoms with van der Waals surface area (Å²) in [5.74, 6) is -0.751. The first-order valence-electron chi connectivity index (χ1n) is 8.87. The highest BCUT2D eigenvalue weighted by molar-refractivity contribution is 6.20. The van der Waals surface area contributed by atoms with Gasteiger partial charge in [-0.15, -0.1) is 0 Å². The van der Waals surface area contributed by atoms with Crippen LogP contribution in [0.3, 0.4) is 0 Å². The molecule has 2 N–H and O–H groups in total. The Morgan fingerprint density at radius 3 is 2.48 bits per heavy atom. The molecule has 6 nitrogen and oxygen atoms in total. The summed E-state index contributed by atoms with van der Waals surface area (Å²) in [4.78, 5) is 18.8. The molecule has 4 rings (SSSR count). The van der Waals surface area contributed by atoms with Gasteiger partial charge in [-0.3, -0.25) is 9.79 Å². The lowest BCUT2D eigenvalue weighted by Gasteiger charge is -2.25. The van der Waals surface area contributed by atoms with Crippen molar-refractivity contribution in [3.05, 3.63) is 65.5 Å². The van der Waals surface area contributed by atoms with Gasteiger partial charge in [-0.2, -0.15) is 0 Å². The predicted octanol–water partition coefficient (Wildman–Crippen LogP) is 2.06. The summed E-state index contributed by atoms with van der Waals surface area (Å²) < 4.78 is 25.3. The topological polar surface area (TPSA) is 77.2 Å². The lowest BCUT2D eigenvalue weighted by molar-refractivity contribution is -0.119. The fourth-order valence-electron chi connectivity index (χ4n) is 3.36. The van der Waals surface area contributed by atoms with Crippen molar-refractivity contribution in [1.82, 2.24) is 0 Å². The molecule has 2 aromatic rings. The second-order valence-electron chi connectivity index (χ2n) is 6.37. The maximum absolute atomic E-state index is 14.4. The molecule has 1 fully saturated rings. The molecule has 0 spiro atoms. The SMILES string of the molecule is N[C@H]1N=C(c2ccccc2F)c2ccccc2N(CCC2OCCO2)C1=O. The van der Waals surface area contributed by atoms with E-state index in [4.69, 9.17) is 15.2 Å². The normalized spacial score (nSPS) is 20.4. The Morgan fingerprint density at radius 1 is 1.07 bits per heavy atom. The summed E-state index contributed by atoms with van der Waals surface area (Å²) in [6.45, 7) is 1.47. The number of halogens is 1. The van der Waals surface area contributed by atoms with E-state index >= 15 is 0 Å². The Morgan fingerprint density at radius 2 is 1.74 bits per heavy atom. The number of hydrogen-bond acceptors (Lipinski definition) is 5. The lowest BCUT2D eigenvalue weighted by Crippen LogP contribution is -2.43. The smallest absolute Gasteiger partial charge is 0.266 e. The third-order valence-corrected chi connectivity index (χ3v) is 4.65. The van der Waals surface area contributed by atoms with Crippen molar-refractivity contribution in [2.24, 2.45) is 10.7 Å². The number of amides is 1. The zero-order chi connectivity index (χ0) is 18.8. The van der Waals surface area contributed by atoms with Crippen LogP contribution in [0.25, 0.3) is 0 Å². The number of nitrogens with zero attached hydrogens (tertiary/aromatic N) is 2. The van der Waals surface area contributed by atoms with Gasteiger partial charge in [0.05, 0.1) is 24.6 Å². The van der Waals surface area contributed by atoms with Crippen LogP contribution in [-0.2, 0) is 14.3 Å². The molecule has 1 amide bonds. The number of para-hydroxylation sites is 1. The van der Waals surface area contributed by atoms with Gasteiger partial charge in [0.25, 0.3) is 5.91 Å². The van der Waals surface area contributed by atoms with E-state index in [-0.39, 0.29) is 12.2 Å². The molecule has 2 heterocycles. The number of hydrogen-bond donors (Lipinski definition) is 1. The summed E-state index contributed by atoms with van der Waals surface area (Å²) in [5.41, 5.74) is 8.05. The zero-order valence-electron chi connectivity index (χ0n) is 14.7. The van der Waals surface area contributed by atoms with Crippen molar-refractivity contribution in [3.8, 4) is 0 Å². The highest BCUT2D eigenvalue weighted by Crippen LogP contribution is 2.29. The van der Waals surface area contributed by atoms with Crippen LogP contribution in [-0.4, -0.2) is 43.8 Å². The number of benzene rings is 2. The molecule has 1 atom stereocenters. The summed E-state index contributed by atoms with van der Waals surface area (Å²) in [6.07, 6.45) is -0.934. The number of ether oxygens (including phenoxy) is 2. The predicted molar refractivity (Wildman–Crippen MR) is 99.1 cm³/mol. The van der Waals surface area contributed by atoms with Crippen molar-refractivity contribution >= 4 is 17.3 Å². The number of rotatable bonds is 4. The molecule has 0 radical (unpaired) electrons. The van der Waals surface area contributed by atoms with E-state index in [1.54, 1.807) is 23.1 Å². The molecule has 1 saturated heterocycles. The number of aliphatic imine (C=N–C) groups is 1. The van der Waals surface area contributed by atoms with E-state index in [9.17, 15) is 9.18 Å². The van der Waals surface area contributed by atoms with Crippen LogP contribution in [0.2, 0.25) is 0 Å². The van der Waals surface area contributed by atoms with Gasteiger partial charge in [0.2, 0.25) is 0 Å². The molecule has 2 aromatic carbocycles.